The van der Waals surface area contributed by atoms with Crippen molar-refractivity contribution in [3.63, 3.8) is 0 Å². The van der Waals surface area contributed by atoms with Crippen LogP contribution in [-0.4, -0.2) is 39.6 Å². The van der Waals surface area contributed by atoms with Crippen molar-refractivity contribution in [3.05, 3.63) is 10.9 Å². The minimum Gasteiger partial charge on any atom is -0.395 e. The van der Waals surface area contributed by atoms with Gasteiger partial charge in [0.1, 0.15) is 0 Å². The van der Waals surface area contributed by atoms with Crippen LogP contribution in [0.1, 0.15) is 17.1 Å². The molecule has 0 aliphatic heterocycles. The standard InChI is InChI=1S/C13H25NOS2Si/c1-10(16-3)13-11(18(4,5)6)9-12(17-13)14(2)7-8-15/h9-10,15H,7-8H2,1-6H3. The summed E-state index contributed by atoms with van der Waals surface area (Å²) in [5, 5.41) is 12.5. The van der Waals surface area contributed by atoms with Gasteiger partial charge >= 0.3 is 0 Å². The average molecular weight is 304 g/mol. The first-order valence-electron chi connectivity index (χ1n) is 6.30. The maximum absolute atomic E-state index is 9.06. The number of thioether (sulfide) groups is 1. The SMILES string of the molecule is CSC(C)c1sc(N(C)CCO)cc1[Si](C)(C)C. The zero-order valence-corrected chi connectivity index (χ0v) is 14.9. The van der Waals surface area contributed by atoms with E-state index in [1.165, 1.54) is 9.88 Å². The first-order chi connectivity index (χ1) is 8.31. The number of thiophene rings is 1. The highest BCUT2D eigenvalue weighted by Crippen LogP contribution is 2.35. The van der Waals surface area contributed by atoms with Gasteiger partial charge in [-0.05, 0) is 24.4 Å². The van der Waals surface area contributed by atoms with Gasteiger partial charge in [-0.3, -0.25) is 0 Å². The molecule has 0 saturated carbocycles. The number of hydrogen-bond donors (Lipinski definition) is 1. The molecule has 0 bridgehead atoms. The maximum Gasteiger partial charge on any atom is 0.0908 e. The lowest BCUT2D eigenvalue weighted by Crippen LogP contribution is -2.39. The average Bonchev–Trinajstić information content (AvgIpc) is 2.72. The van der Waals surface area contributed by atoms with Crippen LogP contribution in [0.25, 0.3) is 0 Å². The van der Waals surface area contributed by atoms with E-state index in [0.29, 0.717) is 11.8 Å². The van der Waals surface area contributed by atoms with Gasteiger partial charge in [0, 0.05) is 23.7 Å². The van der Waals surface area contributed by atoms with Crippen molar-refractivity contribution in [1.82, 2.24) is 0 Å². The van der Waals surface area contributed by atoms with E-state index in [4.69, 9.17) is 5.11 Å². The molecule has 1 rings (SSSR count). The summed E-state index contributed by atoms with van der Waals surface area (Å²) < 4.78 is 0. The summed E-state index contributed by atoms with van der Waals surface area (Å²) in [5.41, 5.74) is 0. The van der Waals surface area contributed by atoms with Gasteiger partial charge in [0.05, 0.1) is 19.7 Å². The minimum atomic E-state index is -1.30. The van der Waals surface area contributed by atoms with E-state index in [0.717, 1.165) is 0 Å². The molecule has 0 aromatic carbocycles. The molecular weight excluding hydrogens is 278 g/mol. The fraction of sp³-hybridized carbons (Fsp3) is 0.692. The lowest BCUT2D eigenvalue weighted by Gasteiger charge is -2.19. The van der Waals surface area contributed by atoms with Crippen LogP contribution in [0.5, 0.6) is 0 Å². The third-order valence-electron chi connectivity index (χ3n) is 3.09. The minimum absolute atomic E-state index is 0.212. The maximum atomic E-state index is 9.06. The lowest BCUT2D eigenvalue weighted by molar-refractivity contribution is 0.304. The molecule has 0 fully saturated rings. The summed E-state index contributed by atoms with van der Waals surface area (Å²) in [5.74, 6) is 0. The Bertz CT molecular complexity index is 387. The molecule has 1 unspecified atom stereocenters. The van der Waals surface area contributed by atoms with Crippen molar-refractivity contribution in [3.8, 4) is 0 Å². The number of anilines is 1. The fourth-order valence-electron chi connectivity index (χ4n) is 1.84. The topological polar surface area (TPSA) is 23.5 Å². The first-order valence-corrected chi connectivity index (χ1v) is 11.9. The normalized spacial score (nSPS) is 13.7. The molecular formula is C13H25NOS2Si. The molecule has 18 heavy (non-hydrogen) atoms. The summed E-state index contributed by atoms with van der Waals surface area (Å²) in [6, 6.07) is 2.36. The van der Waals surface area contributed by atoms with Gasteiger partial charge < -0.3 is 10.0 Å². The molecule has 0 aliphatic rings. The molecule has 0 aliphatic carbocycles. The number of likely N-dealkylation sites (N-methyl/N-ethyl adjacent to an activating group) is 1. The molecule has 0 radical (unpaired) electrons. The van der Waals surface area contributed by atoms with E-state index in [2.05, 4.69) is 50.8 Å². The van der Waals surface area contributed by atoms with E-state index in [1.807, 2.05) is 23.1 Å². The summed E-state index contributed by atoms with van der Waals surface area (Å²) in [6.45, 7) is 10.4. The van der Waals surface area contributed by atoms with E-state index < -0.39 is 8.07 Å². The summed E-state index contributed by atoms with van der Waals surface area (Å²) >= 11 is 3.81. The molecule has 1 N–H and O–H groups in total. The first kappa shape index (κ1) is 16.1. The number of aliphatic hydroxyl groups excluding tert-OH is 1. The van der Waals surface area contributed by atoms with Gasteiger partial charge in [-0.2, -0.15) is 11.8 Å². The third-order valence-corrected chi connectivity index (χ3v) is 7.83. The van der Waals surface area contributed by atoms with Crippen LogP contribution in [0.15, 0.2) is 6.07 Å². The molecule has 1 heterocycles. The Kier molecular flexibility index (Phi) is 5.77. The predicted octanol–water partition coefficient (Wildman–Crippen LogP) is 3.15. The van der Waals surface area contributed by atoms with Crippen molar-refractivity contribution in [1.29, 1.82) is 0 Å². The van der Waals surface area contributed by atoms with Crippen LogP contribution in [0.4, 0.5) is 5.00 Å². The zero-order valence-electron chi connectivity index (χ0n) is 12.3. The van der Waals surface area contributed by atoms with Crippen molar-refractivity contribution in [2.24, 2.45) is 0 Å². The molecule has 104 valence electrons. The fourth-order valence-corrected chi connectivity index (χ4v) is 6.40. The molecule has 1 atom stereocenters. The summed E-state index contributed by atoms with van der Waals surface area (Å²) in [7, 11) is 0.762. The second-order valence-electron chi connectivity index (χ2n) is 5.64. The number of rotatable bonds is 6. The molecule has 1 aromatic rings. The smallest absolute Gasteiger partial charge is 0.0908 e. The molecule has 0 amide bonds. The van der Waals surface area contributed by atoms with Gasteiger partial charge in [0.2, 0.25) is 0 Å². The second-order valence-corrected chi connectivity index (χ2v) is 12.9. The second kappa shape index (κ2) is 6.46. The monoisotopic (exact) mass is 303 g/mol. The van der Waals surface area contributed by atoms with Crippen molar-refractivity contribution >= 4 is 41.4 Å². The van der Waals surface area contributed by atoms with E-state index in [1.54, 1.807) is 5.19 Å². The zero-order chi connectivity index (χ0) is 13.9. The Balaban J connectivity index is 3.15. The highest BCUT2D eigenvalue weighted by molar-refractivity contribution is 7.98. The van der Waals surface area contributed by atoms with Crippen LogP contribution in [0.2, 0.25) is 19.6 Å². The van der Waals surface area contributed by atoms with E-state index >= 15 is 0 Å². The molecule has 0 saturated heterocycles. The van der Waals surface area contributed by atoms with E-state index in [9.17, 15) is 0 Å². The van der Waals surface area contributed by atoms with Gasteiger partial charge in [0.25, 0.3) is 0 Å². The van der Waals surface area contributed by atoms with Crippen molar-refractivity contribution < 1.29 is 5.11 Å². The van der Waals surface area contributed by atoms with E-state index in [-0.39, 0.29) is 6.61 Å². The summed E-state index contributed by atoms with van der Waals surface area (Å²) in [4.78, 5) is 3.69. The largest absolute Gasteiger partial charge is 0.395 e. The molecule has 2 nitrogen and oxygen atoms in total. The third kappa shape index (κ3) is 3.76. The van der Waals surface area contributed by atoms with Crippen molar-refractivity contribution in [2.45, 2.75) is 31.8 Å². The van der Waals surface area contributed by atoms with Crippen LogP contribution < -0.4 is 10.1 Å². The number of nitrogens with zero attached hydrogens (tertiary/aromatic N) is 1. The van der Waals surface area contributed by atoms with Crippen molar-refractivity contribution in [2.75, 3.05) is 31.4 Å². The summed E-state index contributed by atoms with van der Waals surface area (Å²) in [6.07, 6.45) is 2.18. The van der Waals surface area contributed by atoms with Gasteiger partial charge in [-0.1, -0.05) is 19.6 Å². The Hall–Kier alpha value is 0.0269. The van der Waals surface area contributed by atoms with Crippen LogP contribution in [-0.2, 0) is 0 Å². The Morgan fingerprint density at radius 2 is 2.06 bits per heavy atom. The van der Waals surface area contributed by atoms with Crippen LogP contribution in [0, 0.1) is 0 Å². The Labute approximate surface area is 120 Å². The van der Waals surface area contributed by atoms with Gasteiger partial charge in [-0.25, -0.2) is 0 Å². The van der Waals surface area contributed by atoms with Gasteiger partial charge in [-0.15, -0.1) is 11.3 Å². The Morgan fingerprint density at radius 1 is 1.44 bits per heavy atom. The predicted molar refractivity (Wildman–Crippen MR) is 89.6 cm³/mol. The molecule has 5 heteroatoms. The molecule has 0 spiro atoms. The quantitative estimate of drug-likeness (QED) is 0.817. The number of aliphatic hydroxyl groups is 1. The van der Waals surface area contributed by atoms with Crippen LogP contribution >= 0.6 is 23.1 Å². The highest BCUT2D eigenvalue weighted by Gasteiger charge is 2.26. The Morgan fingerprint density at radius 3 is 2.50 bits per heavy atom. The van der Waals surface area contributed by atoms with Gasteiger partial charge in [0.15, 0.2) is 0 Å². The lowest BCUT2D eigenvalue weighted by atomic mass is 10.3. The molecule has 1 aromatic heterocycles. The van der Waals surface area contributed by atoms with Crippen LogP contribution in [0.3, 0.4) is 0 Å². The highest BCUT2D eigenvalue weighted by atomic mass is 32.2. The number of hydrogen-bond acceptors (Lipinski definition) is 4.